The Morgan fingerprint density at radius 1 is 1.23 bits per heavy atom. The van der Waals surface area contributed by atoms with Gasteiger partial charge in [-0.3, -0.25) is 4.90 Å². The molecule has 0 aromatic carbocycles. The largest absolute Gasteiger partial charge is 0.361 e. The summed E-state index contributed by atoms with van der Waals surface area (Å²) >= 11 is 0. The minimum Gasteiger partial charge on any atom is -0.361 e. The molecule has 22 heavy (non-hydrogen) atoms. The lowest BCUT2D eigenvalue weighted by Gasteiger charge is -2.37. The molecule has 1 saturated heterocycles. The molecule has 0 aliphatic carbocycles. The van der Waals surface area contributed by atoms with Gasteiger partial charge in [0.25, 0.3) is 0 Å². The Morgan fingerprint density at radius 3 is 2.64 bits per heavy atom. The van der Waals surface area contributed by atoms with E-state index in [9.17, 15) is 0 Å². The van der Waals surface area contributed by atoms with Crippen LogP contribution in [0.4, 0.5) is 5.82 Å². The standard InChI is InChI=1S/C16H23N5O/c1-12-8-16(18-11-17-12)20(3)15-4-6-21(7-5-15)10-14-9-13(2)22-19-14/h8-9,11,15H,4-7,10H2,1-3H3. The fraction of sp³-hybridized carbons (Fsp3) is 0.562. The molecule has 6 heteroatoms. The molecule has 0 atom stereocenters. The maximum atomic E-state index is 5.14. The second-order valence-corrected chi connectivity index (χ2v) is 6.06. The number of aromatic nitrogens is 3. The highest BCUT2D eigenvalue weighted by atomic mass is 16.5. The third kappa shape index (κ3) is 3.44. The Kier molecular flexibility index (Phi) is 4.38. The minimum atomic E-state index is 0.532. The third-order valence-electron chi connectivity index (χ3n) is 4.32. The number of aryl methyl sites for hydroxylation is 2. The highest BCUT2D eigenvalue weighted by Crippen LogP contribution is 2.21. The lowest BCUT2D eigenvalue weighted by molar-refractivity contribution is 0.198. The summed E-state index contributed by atoms with van der Waals surface area (Å²) in [7, 11) is 2.13. The summed E-state index contributed by atoms with van der Waals surface area (Å²) in [5.74, 6) is 1.89. The summed E-state index contributed by atoms with van der Waals surface area (Å²) in [6.07, 6.45) is 3.91. The summed E-state index contributed by atoms with van der Waals surface area (Å²) in [5, 5.41) is 4.08. The number of rotatable bonds is 4. The van der Waals surface area contributed by atoms with Gasteiger partial charge in [0.05, 0.1) is 5.69 Å². The van der Waals surface area contributed by atoms with Gasteiger partial charge in [0.15, 0.2) is 0 Å². The van der Waals surface area contributed by atoms with Crippen LogP contribution in [0.15, 0.2) is 23.0 Å². The van der Waals surface area contributed by atoms with E-state index in [0.29, 0.717) is 6.04 Å². The fourth-order valence-electron chi connectivity index (χ4n) is 3.01. The van der Waals surface area contributed by atoms with Crippen molar-refractivity contribution < 1.29 is 4.52 Å². The van der Waals surface area contributed by atoms with Crippen LogP contribution < -0.4 is 4.90 Å². The average molecular weight is 301 g/mol. The van der Waals surface area contributed by atoms with Crippen LogP contribution in [-0.2, 0) is 6.54 Å². The van der Waals surface area contributed by atoms with Crippen molar-refractivity contribution in [3.63, 3.8) is 0 Å². The fourth-order valence-corrected chi connectivity index (χ4v) is 3.01. The predicted molar refractivity (Wildman–Crippen MR) is 84.7 cm³/mol. The molecule has 1 aliphatic rings. The van der Waals surface area contributed by atoms with Gasteiger partial charge in [-0.2, -0.15) is 0 Å². The summed E-state index contributed by atoms with van der Waals surface area (Å²) in [6, 6.07) is 4.59. The van der Waals surface area contributed by atoms with Crippen LogP contribution in [0.2, 0.25) is 0 Å². The van der Waals surface area contributed by atoms with E-state index in [1.807, 2.05) is 26.0 Å². The molecular weight excluding hydrogens is 278 g/mol. The van der Waals surface area contributed by atoms with E-state index in [2.05, 4.69) is 32.0 Å². The maximum absolute atomic E-state index is 5.14. The molecule has 2 aromatic rings. The highest BCUT2D eigenvalue weighted by Gasteiger charge is 2.24. The first-order valence-electron chi connectivity index (χ1n) is 7.78. The zero-order valence-corrected chi connectivity index (χ0v) is 13.5. The molecule has 2 aromatic heterocycles. The average Bonchev–Trinajstić information content (AvgIpc) is 2.92. The van der Waals surface area contributed by atoms with Gasteiger partial charge in [-0.1, -0.05) is 5.16 Å². The lowest BCUT2D eigenvalue weighted by atomic mass is 10.0. The first-order valence-corrected chi connectivity index (χ1v) is 7.78. The second kappa shape index (κ2) is 6.44. The number of hydrogen-bond donors (Lipinski definition) is 0. The normalized spacial score (nSPS) is 16.9. The zero-order chi connectivity index (χ0) is 15.5. The Balaban J connectivity index is 1.55. The van der Waals surface area contributed by atoms with Crippen LogP contribution in [0.1, 0.15) is 30.0 Å². The topological polar surface area (TPSA) is 58.3 Å². The molecule has 3 heterocycles. The van der Waals surface area contributed by atoms with Crippen molar-refractivity contribution in [2.75, 3.05) is 25.0 Å². The summed E-state index contributed by atoms with van der Waals surface area (Å²) in [5.41, 5.74) is 2.03. The molecule has 118 valence electrons. The number of nitrogens with zero attached hydrogens (tertiary/aromatic N) is 5. The molecule has 3 rings (SSSR count). The molecule has 0 amide bonds. The summed E-state index contributed by atoms with van der Waals surface area (Å²) in [4.78, 5) is 13.3. The van der Waals surface area contributed by atoms with E-state index in [4.69, 9.17) is 4.52 Å². The molecule has 0 radical (unpaired) electrons. The summed E-state index contributed by atoms with van der Waals surface area (Å²) in [6.45, 7) is 6.96. The number of piperidine rings is 1. The first-order chi connectivity index (χ1) is 10.6. The Hall–Kier alpha value is -1.95. The van der Waals surface area contributed by atoms with Crippen LogP contribution in [0.3, 0.4) is 0 Å². The predicted octanol–water partition coefficient (Wildman–Crippen LogP) is 2.18. The number of anilines is 1. The molecule has 6 nitrogen and oxygen atoms in total. The van der Waals surface area contributed by atoms with E-state index in [0.717, 1.165) is 55.4 Å². The Bertz CT molecular complexity index is 619. The molecule has 0 unspecified atom stereocenters. The van der Waals surface area contributed by atoms with Crippen LogP contribution in [0.25, 0.3) is 0 Å². The second-order valence-electron chi connectivity index (χ2n) is 6.06. The van der Waals surface area contributed by atoms with Gasteiger partial charge in [0, 0.05) is 50.6 Å². The first kappa shape index (κ1) is 15.0. The third-order valence-corrected chi connectivity index (χ3v) is 4.32. The molecule has 0 bridgehead atoms. The van der Waals surface area contributed by atoms with Gasteiger partial charge in [-0.25, -0.2) is 9.97 Å². The summed E-state index contributed by atoms with van der Waals surface area (Å²) < 4.78 is 5.14. The Labute approximate surface area is 131 Å². The van der Waals surface area contributed by atoms with Crippen molar-refractivity contribution >= 4 is 5.82 Å². The van der Waals surface area contributed by atoms with Crippen molar-refractivity contribution in [1.82, 2.24) is 20.0 Å². The Morgan fingerprint density at radius 2 is 2.00 bits per heavy atom. The quantitative estimate of drug-likeness (QED) is 0.862. The number of hydrogen-bond acceptors (Lipinski definition) is 6. The van der Waals surface area contributed by atoms with E-state index < -0.39 is 0 Å². The van der Waals surface area contributed by atoms with Gasteiger partial charge in [0.2, 0.25) is 0 Å². The molecular formula is C16H23N5O. The van der Waals surface area contributed by atoms with E-state index in [-0.39, 0.29) is 0 Å². The monoisotopic (exact) mass is 301 g/mol. The van der Waals surface area contributed by atoms with Gasteiger partial charge >= 0.3 is 0 Å². The van der Waals surface area contributed by atoms with Crippen molar-refractivity contribution in [1.29, 1.82) is 0 Å². The van der Waals surface area contributed by atoms with Crippen LogP contribution in [-0.4, -0.2) is 46.2 Å². The van der Waals surface area contributed by atoms with Crippen LogP contribution >= 0.6 is 0 Å². The van der Waals surface area contributed by atoms with Crippen molar-refractivity contribution in [3.8, 4) is 0 Å². The van der Waals surface area contributed by atoms with Gasteiger partial charge in [0.1, 0.15) is 17.9 Å². The molecule has 0 saturated carbocycles. The van der Waals surface area contributed by atoms with Crippen LogP contribution in [0.5, 0.6) is 0 Å². The van der Waals surface area contributed by atoms with E-state index in [1.54, 1.807) is 6.33 Å². The molecule has 0 spiro atoms. The molecule has 0 N–H and O–H groups in total. The van der Waals surface area contributed by atoms with Crippen molar-refractivity contribution in [2.24, 2.45) is 0 Å². The van der Waals surface area contributed by atoms with Crippen molar-refractivity contribution in [3.05, 3.63) is 35.6 Å². The van der Waals surface area contributed by atoms with E-state index >= 15 is 0 Å². The lowest BCUT2D eigenvalue weighted by Crippen LogP contribution is -2.43. The zero-order valence-electron chi connectivity index (χ0n) is 13.5. The van der Waals surface area contributed by atoms with Gasteiger partial charge < -0.3 is 9.42 Å². The van der Waals surface area contributed by atoms with Gasteiger partial charge in [-0.15, -0.1) is 0 Å². The molecule has 1 fully saturated rings. The van der Waals surface area contributed by atoms with Crippen molar-refractivity contribution in [2.45, 2.75) is 39.3 Å². The minimum absolute atomic E-state index is 0.532. The van der Waals surface area contributed by atoms with Gasteiger partial charge in [-0.05, 0) is 26.7 Å². The number of likely N-dealkylation sites (tertiary alicyclic amines) is 1. The highest BCUT2D eigenvalue weighted by molar-refractivity contribution is 5.39. The molecule has 1 aliphatic heterocycles. The van der Waals surface area contributed by atoms with Crippen LogP contribution in [0, 0.1) is 13.8 Å². The smallest absolute Gasteiger partial charge is 0.133 e. The van der Waals surface area contributed by atoms with E-state index in [1.165, 1.54) is 0 Å². The maximum Gasteiger partial charge on any atom is 0.133 e. The SMILES string of the molecule is Cc1cc(N(C)C2CCN(Cc3cc(C)on3)CC2)ncn1.